The molecular formula is C16H25N4S+. The smallest absolute Gasteiger partial charge is 0.133 e. The summed E-state index contributed by atoms with van der Waals surface area (Å²) in [5, 5.41) is 14.6. The van der Waals surface area contributed by atoms with Crippen LogP contribution in [-0.4, -0.2) is 28.3 Å². The van der Waals surface area contributed by atoms with E-state index in [1.165, 1.54) is 11.3 Å². The normalized spacial score (nSPS) is 23.0. The first kappa shape index (κ1) is 16.1. The summed E-state index contributed by atoms with van der Waals surface area (Å²) in [4.78, 5) is 9.13. The third-order valence-electron chi connectivity index (χ3n) is 3.79. The van der Waals surface area contributed by atoms with Crippen molar-refractivity contribution in [1.82, 2.24) is 4.98 Å². The maximum Gasteiger partial charge on any atom is 0.133 e. The molecule has 0 saturated carbocycles. The van der Waals surface area contributed by atoms with Gasteiger partial charge in [0, 0.05) is 30.1 Å². The van der Waals surface area contributed by atoms with E-state index in [9.17, 15) is 5.26 Å². The topological polar surface area (TPSA) is 65.7 Å². The van der Waals surface area contributed by atoms with Crippen LogP contribution in [0.2, 0.25) is 0 Å². The lowest BCUT2D eigenvalue weighted by molar-refractivity contribution is -0.787. The number of aromatic nitrogens is 1. The van der Waals surface area contributed by atoms with Gasteiger partial charge >= 0.3 is 0 Å². The molecule has 0 spiro atoms. The Labute approximate surface area is 131 Å². The molecule has 0 amide bonds. The van der Waals surface area contributed by atoms with Crippen molar-refractivity contribution in [2.75, 3.05) is 0 Å². The van der Waals surface area contributed by atoms with Gasteiger partial charge in [-0.3, -0.25) is 4.99 Å². The molecule has 1 aliphatic heterocycles. The van der Waals surface area contributed by atoms with Gasteiger partial charge in [0.15, 0.2) is 0 Å². The molecule has 114 valence electrons. The van der Waals surface area contributed by atoms with Crippen LogP contribution >= 0.6 is 11.3 Å². The molecule has 5 heteroatoms. The zero-order valence-corrected chi connectivity index (χ0v) is 14.4. The minimum atomic E-state index is -0.319. The van der Waals surface area contributed by atoms with Crippen molar-refractivity contribution >= 4 is 17.6 Å². The third kappa shape index (κ3) is 4.36. The predicted molar refractivity (Wildman–Crippen MR) is 86.8 cm³/mol. The Kier molecular flexibility index (Phi) is 4.50. The summed E-state index contributed by atoms with van der Waals surface area (Å²) in [7, 11) is 0. The Hall–Kier alpha value is -1.25. The molecule has 1 atom stereocenters. The fraction of sp³-hybridized carbons (Fsp3) is 0.688. The lowest BCUT2D eigenvalue weighted by Gasteiger charge is -2.41. The number of hydrogen-bond acceptors (Lipinski definition) is 4. The quantitative estimate of drug-likeness (QED) is 0.872. The molecule has 1 aliphatic rings. The first-order valence-corrected chi connectivity index (χ1v) is 8.31. The average Bonchev–Trinajstić information content (AvgIpc) is 2.72. The highest BCUT2D eigenvalue weighted by molar-refractivity contribution is 7.09. The fourth-order valence-electron chi connectivity index (χ4n) is 3.44. The molecular weight excluding hydrogens is 280 g/mol. The van der Waals surface area contributed by atoms with Crippen molar-refractivity contribution in [2.24, 2.45) is 4.99 Å². The van der Waals surface area contributed by atoms with Crippen LogP contribution in [0.3, 0.4) is 0 Å². The van der Waals surface area contributed by atoms with Crippen molar-refractivity contribution < 1.29 is 5.32 Å². The first-order chi connectivity index (χ1) is 9.71. The summed E-state index contributed by atoms with van der Waals surface area (Å²) < 4.78 is 0. The number of quaternary nitrogens is 1. The second-order valence-electron chi connectivity index (χ2n) is 7.42. The lowest BCUT2D eigenvalue weighted by atomic mass is 9.80. The van der Waals surface area contributed by atoms with Gasteiger partial charge in [0.25, 0.3) is 0 Å². The highest BCUT2D eigenvalue weighted by atomic mass is 32.1. The zero-order chi connectivity index (χ0) is 15.7. The molecule has 2 N–H and O–H groups in total. The van der Waals surface area contributed by atoms with E-state index in [2.05, 4.69) is 44.1 Å². The zero-order valence-electron chi connectivity index (χ0n) is 13.6. The van der Waals surface area contributed by atoms with Crippen molar-refractivity contribution in [3.8, 4) is 6.07 Å². The van der Waals surface area contributed by atoms with E-state index in [0.29, 0.717) is 0 Å². The van der Waals surface area contributed by atoms with Gasteiger partial charge in [0.2, 0.25) is 0 Å². The molecule has 21 heavy (non-hydrogen) atoms. The van der Waals surface area contributed by atoms with E-state index in [4.69, 9.17) is 4.99 Å². The Balaban J connectivity index is 2.10. The minimum absolute atomic E-state index is 0.198. The van der Waals surface area contributed by atoms with Gasteiger partial charge in [-0.05, 0) is 34.6 Å². The lowest BCUT2D eigenvalue weighted by Crippen LogP contribution is -3.05. The van der Waals surface area contributed by atoms with Crippen LogP contribution in [0, 0.1) is 18.3 Å². The number of nitrogens with zero attached hydrogens (tertiary/aromatic N) is 3. The number of aryl methyl sites for hydroxylation is 1. The monoisotopic (exact) mass is 305 g/mol. The van der Waals surface area contributed by atoms with E-state index in [0.717, 1.165) is 23.5 Å². The Bertz CT molecular complexity index is 549. The number of hydrogen-bond donors (Lipinski definition) is 1. The number of rotatable bonds is 3. The molecule has 0 aliphatic carbocycles. The van der Waals surface area contributed by atoms with Gasteiger partial charge in [-0.15, -0.1) is 11.3 Å². The second-order valence-corrected chi connectivity index (χ2v) is 8.31. The highest BCUT2D eigenvalue weighted by Gasteiger charge is 2.41. The molecule has 1 aromatic rings. The average molecular weight is 305 g/mol. The Morgan fingerprint density at radius 2 is 2.05 bits per heavy atom. The van der Waals surface area contributed by atoms with Crippen LogP contribution < -0.4 is 5.32 Å². The summed E-state index contributed by atoms with van der Waals surface area (Å²) in [5.41, 5.74) is 1.37. The predicted octanol–water partition coefficient (Wildman–Crippen LogP) is 2.41. The van der Waals surface area contributed by atoms with Crippen LogP contribution in [0.1, 0.15) is 57.2 Å². The molecule has 0 unspecified atom stereocenters. The number of nitrogens with two attached hydrogens (primary N) is 1. The first-order valence-electron chi connectivity index (χ1n) is 7.43. The van der Waals surface area contributed by atoms with E-state index in [1.807, 2.05) is 12.3 Å². The van der Waals surface area contributed by atoms with Crippen LogP contribution in [0.4, 0.5) is 0 Å². The van der Waals surface area contributed by atoms with Gasteiger partial charge in [0.1, 0.15) is 10.9 Å². The van der Waals surface area contributed by atoms with Gasteiger partial charge in [-0.1, -0.05) is 0 Å². The van der Waals surface area contributed by atoms with Crippen LogP contribution in [0.25, 0.3) is 0 Å². The molecule has 0 bridgehead atoms. The van der Waals surface area contributed by atoms with Crippen molar-refractivity contribution in [1.29, 1.82) is 5.26 Å². The molecule has 1 saturated heterocycles. The van der Waals surface area contributed by atoms with Crippen molar-refractivity contribution in [3.05, 3.63) is 16.1 Å². The third-order valence-corrected chi connectivity index (χ3v) is 4.84. The maximum atomic E-state index is 9.34. The summed E-state index contributed by atoms with van der Waals surface area (Å²) in [6.45, 7) is 11.0. The van der Waals surface area contributed by atoms with E-state index >= 15 is 0 Å². The van der Waals surface area contributed by atoms with Crippen LogP contribution in [0.5, 0.6) is 0 Å². The van der Waals surface area contributed by atoms with Crippen molar-refractivity contribution in [2.45, 2.75) is 70.5 Å². The summed E-state index contributed by atoms with van der Waals surface area (Å²) in [5.74, 6) is -0.319. The molecule has 0 radical (unpaired) electrons. The highest BCUT2D eigenvalue weighted by Crippen LogP contribution is 2.25. The number of thiazole rings is 1. The van der Waals surface area contributed by atoms with Gasteiger partial charge in [-0.2, -0.15) is 5.26 Å². The summed E-state index contributed by atoms with van der Waals surface area (Å²) in [6, 6.07) is 2.59. The number of piperidine rings is 1. The van der Waals surface area contributed by atoms with Gasteiger partial charge < -0.3 is 5.32 Å². The minimum Gasteiger partial charge on any atom is -0.337 e. The SMILES string of the molecule is Cc1csc([C@H](C#N)C=NC2CC(C)(C)[NH2+]C(C)(C)C2)n1. The Morgan fingerprint density at radius 3 is 2.52 bits per heavy atom. The summed E-state index contributed by atoms with van der Waals surface area (Å²) in [6.07, 6.45) is 3.89. The fourth-order valence-corrected chi connectivity index (χ4v) is 4.24. The molecule has 0 aromatic carbocycles. The molecule has 1 fully saturated rings. The van der Waals surface area contributed by atoms with Crippen LogP contribution in [0.15, 0.2) is 10.4 Å². The molecule has 4 nitrogen and oxygen atoms in total. The molecule has 2 rings (SSSR count). The van der Waals surface area contributed by atoms with Crippen LogP contribution in [-0.2, 0) is 0 Å². The van der Waals surface area contributed by atoms with E-state index < -0.39 is 0 Å². The van der Waals surface area contributed by atoms with Gasteiger partial charge in [0.05, 0.1) is 23.2 Å². The van der Waals surface area contributed by atoms with E-state index in [-0.39, 0.29) is 23.0 Å². The largest absolute Gasteiger partial charge is 0.337 e. The standard InChI is InChI=1S/C16H24N4S/c1-11-10-21-14(19-11)12(8-17)9-18-13-6-15(2,3)20-16(4,5)7-13/h9-10,12-13,20H,6-7H2,1-5H3/p+1/t12-/m1/s1. The number of aliphatic imine (C=N–C) groups is 1. The molecule has 1 aromatic heterocycles. The van der Waals surface area contributed by atoms with Crippen molar-refractivity contribution in [3.63, 3.8) is 0 Å². The number of nitriles is 1. The maximum absolute atomic E-state index is 9.34. The van der Waals surface area contributed by atoms with Gasteiger partial charge in [-0.25, -0.2) is 4.98 Å². The van der Waals surface area contributed by atoms with E-state index in [1.54, 1.807) is 6.21 Å². The molecule has 2 heterocycles. The summed E-state index contributed by atoms with van der Waals surface area (Å²) >= 11 is 1.54. The Morgan fingerprint density at radius 1 is 1.43 bits per heavy atom. The second kappa shape index (κ2) is 5.86.